The fourth-order valence-electron chi connectivity index (χ4n) is 3.15. The predicted octanol–water partition coefficient (Wildman–Crippen LogP) is 1.62. The Morgan fingerprint density at radius 3 is 2.83 bits per heavy atom. The Balaban J connectivity index is 1.91. The third-order valence-corrected chi connectivity index (χ3v) is 4.30. The molecule has 0 saturated heterocycles. The minimum Gasteiger partial charge on any atom is -0.340 e. The molecule has 116 valence electrons. The van der Waals surface area contributed by atoms with Crippen LogP contribution in [0.5, 0.6) is 0 Å². The van der Waals surface area contributed by atoms with Gasteiger partial charge >= 0.3 is 0 Å². The van der Waals surface area contributed by atoms with E-state index in [4.69, 9.17) is 0 Å². The lowest BCUT2D eigenvalue weighted by Gasteiger charge is -2.20. The highest BCUT2D eigenvalue weighted by molar-refractivity contribution is 5.86. The van der Waals surface area contributed by atoms with Gasteiger partial charge in [-0.15, -0.1) is 0 Å². The summed E-state index contributed by atoms with van der Waals surface area (Å²) in [5, 5.41) is 0.589. The first-order valence-corrected chi connectivity index (χ1v) is 7.51. The van der Waals surface area contributed by atoms with Gasteiger partial charge in [-0.2, -0.15) is 0 Å². The van der Waals surface area contributed by atoms with Crippen molar-refractivity contribution in [3.05, 3.63) is 62.6 Å². The molecule has 3 heterocycles. The number of hydrogen-bond acceptors (Lipinski definition) is 4. The highest BCUT2D eigenvalue weighted by Crippen LogP contribution is 2.35. The van der Waals surface area contributed by atoms with Crippen LogP contribution in [-0.4, -0.2) is 21.1 Å². The molecule has 1 aromatic carbocycles. The average Bonchev–Trinajstić information content (AvgIpc) is 2.91. The largest absolute Gasteiger partial charge is 0.340 e. The van der Waals surface area contributed by atoms with E-state index < -0.39 is 0 Å². The highest BCUT2D eigenvalue weighted by Gasteiger charge is 2.22. The second kappa shape index (κ2) is 4.81. The number of pyridine rings is 1. The molecule has 0 spiro atoms. The molecule has 0 saturated carbocycles. The van der Waals surface area contributed by atoms with Crippen LogP contribution in [0.3, 0.4) is 0 Å². The van der Waals surface area contributed by atoms with E-state index in [1.807, 2.05) is 24.4 Å². The average molecular weight is 308 g/mol. The minimum atomic E-state index is -0.123. The van der Waals surface area contributed by atoms with Gasteiger partial charge in [-0.3, -0.25) is 9.59 Å². The summed E-state index contributed by atoms with van der Waals surface area (Å²) in [6.45, 7) is 2.60. The first-order valence-electron chi connectivity index (χ1n) is 7.51. The predicted molar refractivity (Wildman–Crippen MR) is 89.5 cm³/mol. The SMILES string of the molecule is Cc1nc2cc3c(cc2c(=O)[nH]1)N(c1ccc(=O)n(C)c1)CC3. The number of rotatable bonds is 1. The number of aromatic nitrogens is 3. The molecule has 0 radical (unpaired) electrons. The van der Waals surface area contributed by atoms with Crippen LogP contribution in [0.15, 0.2) is 40.1 Å². The van der Waals surface area contributed by atoms with E-state index in [1.165, 1.54) is 5.56 Å². The monoisotopic (exact) mass is 308 g/mol. The minimum absolute atomic E-state index is 0.0391. The van der Waals surface area contributed by atoms with Crippen LogP contribution in [0.25, 0.3) is 10.9 Å². The van der Waals surface area contributed by atoms with Crippen molar-refractivity contribution in [2.24, 2.45) is 7.05 Å². The maximum atomic E-state index is 12.2. The van der Waals surface area contributed by atoms with Crippen LogP contribution in [0.2, 0.25) is 0 Å². The van der Waals surface area contributed by atoms with Crippen LogP contribution in [0, 0.1) is 6.92 Å². The molecule has 0 fully saturated rings. The molecule has 4 rings (SSSR count). The smallest absolute Gasteiger partial charge is 0.258 e. The van der Waals surface area contributed by atoms with Gasteiger partial charge in [0.25, 0.3) is 5.56 Å². The summed E-state index contributed by atoms with van der Waals surface area (Å²) in [4.78, 5) is 33.1. The zero-order chi connectivity index (χ0) is 16.1. The van der Waals surface area contributed by atoms with Crippen molar-refractivity contribution in [3.8, 4) is 0 Å². The van der Waals surface area contributed by atoms with Crippen molar-refractivity contribution in [1.29, 1.82) is 0 Å². The van der Waals surface area contributed by atoms with Gasteiger partial charge in [0.15, 0.2) is 0 Å². The van der Waals surface area contributed by atoms with Crippen LogP contribution >= 0.6 is 0 Å². The molecule has 0 atom stereocenters. The van der Waals surface area contributed by atoms with Crippen LogP contribution in [0.1, 0.15) is 11.4 Å². The standard InChI is InChI=1S/C17H16N4O2/c1-10-18-14-7-11-5-6-21(12-3-4-16(22)20(2)9-12)15(11)8-13(14)17(23)19-10/h3-4,7-9H,5-6H2,1-2H3,(H,18,19,23). The maximum Gasteiger partial charge on any atom is 0.258 e. The molecule has 3 aromatic rings. The number of benzene rings is 1. The van der Waals surface area contributed by atoms with Gasteiger partial charge in [0.1, 0.15) is 5.82 Å². The molecule has 1 aliphatic rings. The van der Waals surface area contributed by atoms with E-state index in [2.05, 4.69) is 14.9 Å². The number of hydrogen-bond donors (Lipinski definition) is 1. The van der Waals surface area contributed by atoms with Gasteiger partial charge in [-0.1, -0.05) is 0 Å². The fraction of sp³-hybridized carbons (Fsp3) is 0.235. The van der Waals surface area contributed by atoms with Crippen molar-refractivity contribution in [2.45, 2.75) is 13.3 Å². The maximum absolute atomic E-state index is 12.2. The Bertz CT molecular complexity index is 1050. The van der Waals surface area contributed by atoms with Crippen molar-refractivity contribution < 1.29 is 0 Å². The van der Waals surface area contributed by atoms with Crippen molar-refractivity contribution in [1.82, 2.24) is 14.5 Å². The lowest BCUT2D eigenvalue weighted by atomic mass is 10.1. The Labute approximate surface area is 132 Å². The number of aromatic amines is 1. The van der Waals surface area contributed by atoms with Gasteiger partial charge in [-0.05, 0) is 37.1 Å². The molecule has 0 unspecified atom stereocenters. The first-order chi connectivity index (χ1) is 11.0. The third kappa shape index (κ3) is 2.14. The summed E-state index contributed by atoms with van der Waals surface area (Å²) in [5.41, 5.74) is 3.69. The van der Waals surface area contributed by atoms with E-state index >= 15 is 0 Å². The quantitative estimate of drug-likeness (QED) is 0.741. The molecule has 1 N–H and O–H groups in total. The number of anilines is 2. The molecule has 23 heavy (non-hydrogen) atoms. The van der Waals surface area contributed by atoms with Gasteiger partial charge in [0, 0.05) is 31.5 Å². The second-order valence-corrected chi connectivity index (χ2v) is 5.89. The summed E-state index contributed by atoms with van der Waals surface area (Å²) >= 11 is 0. The number of H-pyrrole nitrogens is 1. The van der Waals surface area contributed by atoms with Gasteiger partial charge in [-0.25, -0.2) is 4.98 Å². The van der Waals surface area contributed by atoms with E-state index in [0.29, 0.717) is 11.2 Å². The third-order valence-electron chi connectivity index (χ3n) is 4.30. The van der Waals surface area contributed by atoms with E-state index in [9.17, 15) is 9.59 Å². The zero-order valence-electron chi connectivity index (χ0n) is 13.0. The van der Waals surface area contributed by atoms with Crippen molar-refractivity contribution in [3.63, 3.8) is 0 Å². The Kier molecular flexibility index (Phi) is 2.87. The first kappa shape index (κ1) is 13.8. The zero-order valence-corrected chi connectivity index (χ0v) is 13.0. The molecular weight excluding hydrogens is 292 g/mol. The summed E-state index contributed by atoms with van der Waals surface area (Å²) in [6, 6.07) is 7.27. The molecule has 0 bridgehead atoms. The molecule has 6 nitrogen and oxygen atoms in total. The van der Waals surface area contributed by atoms with E-state index in [-0.39, 0.29) is 11.1 Å². The summed E-state index contributed by atoms with van der Waals surface area (Å²) in [5.74, 6) is 0.621. The molecule has 0 amide bonds. The molecule has 0 aliphatic carbocycles. The number of aryl methyl sites for hydroxylation is 2. The van der Waals surface area contributed by atoms with Crippen LogP contribution < -0.4 is 16.0 Å². The molecule has 2 aromatic heterocycles. The number of nitrogens with one attached hydrogen (secondary N) is 1. The lowest BCUT2D eigenvalue weighted by molar-refractivity contribution is 0.851. The summed E-state index contributed by atoms with van der Waals surface area (Å²) in [6.07, 6.45) is 2.71. The van der Waals surface area contributed by atoms with Gasteiger partial charge in [0.2, 0.25) is 5.56 Å². The fourth-order valence-corrected chi connectivity index (χ4v) is 3.15. The van der Waals surface area contributed by atoms with Gasteiger partial charge in [0.05, 0.1) is 16.6 Å². The normalized spacial score (nSPS) is 13.6. The van der Waals surface area contributed by atoms with Gasteiger partial charge < -0.3 is 14.5 Å². The van der Waals surface area contributed by atoms with Crippen LogP contribution in [0.4, 0.5) is 11.4 Å². The Morgan fingerprint density at radius 2 is 2.04 bits per heavy atom. The lowest BCUT2D eigenvalue weighted by Crippen LogP contribution is -2.19. The molecule has 1 aliphatic heterocycles. The Hall–Kier alpha value is -2.89. The summed E-state index contributed by atoms with van der Waals surface area (Å²) in [7, 11) is 1.74. The number of fused-ring (bicyclic) bond motifs is 2. The second-order valence-electron chi connectivity index (χ2n) is 5.89. The van der Waals surface area contributed by atoms with E-state index in [1.54, 1.807) is 24.6 Å². The number of nitrogens with zero attached hydrogens (tertiary/aromatic N) is 3. The highest BCUT2D eigenvalue weighted by atomic mass is 16.1. The molecule has 6 heteroatoms. The molecular formula is C17H16N4O2. The Morgan fingerprint density at radius 1 is 1.22 bits per heavy atom. The van der Waals surface area contributed by atoms with E-state index in [0.717, 1.165) is 29.9 Å². The topological polar surface area (TPSA) is 71.0 Å². The van der Waals surface area contributed by atoms with Crippen LogP contribution in [-0.2, 0) is 13.5 Å². The van der Waals surface area contributed by atoms with Crippen molar-refractivity contribution in [2.75, 3.05) is 11.4 Å². The van der Waals surface area contributed by atoms with Crippen molar-refractivity contribution >= 4 is 22.3 Å². The summed E-state index contributed by atoms with van der Waals surface area (Å²) < 4.78 is 1.56.